The van der Waals surface area contributed by atoms with Crippen molar-refractivity contribution in [2.24, 2.45) is 7.05 Å². The minimum Gasteiger partial charge on any atom is -0.480 e. The van der Waals surface area contributed by atoms with Crippen LogP contribution in [0.1, 0.15) is 18.3 Å². The summed E-state index contributed by atoms with van der Waals surface area (Å²) in [6, 6.07) is 4.29. The number of hydrogen-bond acceptors (Lipinski definition) is 7. The Labute approximate surface area is 176 Å². The molecule has 9 nitrogen and oxygen atoms in total. The van der Waals surface area contributed by atoms with E-state index in [0.29, 0.717) is 9.27 Å². The number of nitrogens with zero attached hydrogens (tertiary/aromatic N) is 3. The number of hydrogen-bond donors (Lipinski definition) is 1. The maximum atomic E-state index is 13.0. The van der Waals surface area contributed by atoms with Crippen LogP contribution in [0.15, 0.2) is 33.9 Å². The average molecular weight is 477 g/mol. The molecule has 1 atom stereocenters. The lowest BCUT2D eigenvalue weighted by Crippen LogP contribution is -2.40. The fourth-order valence-corrected chi connectivity index (χ4v) is 4.84. The van der Waals surface area contributed by atoms with Gasteiger partial charge in [0.2, 0.25) is 0 Å². The molecule has 14 heteroatoms. The predicted molar refractivity (Wildman–Crippen MR) is 105 cm³/mol. The highest BCUT2D eigenvalue weighted by Gasteiger charge is 2.35. The quantitative estimate of drug-likeness (QED) is 0.590. The van der Waals surface area contributed by atoms with E-state index in [9.17, 15) is 36.0 Å². The lowest BCUT2D eigenvalue weighted by atomic mass is 10.2. The van der Waals surface area contributed by atoms with Gasteiger partial charge in [0.1, 0.15) is 5.69 Å². The summed E-state index contributed by atoms with van der Waals surface area (Å²) in [5.41, 5.74) is -3.95. The van der Waals surface area contributed by atoms with Gasteiger partial charge in [0.15, 0.2) is 15.1 Å². The van der Waals surface area contributed by atoms with Crippen molar-refractivity contribution in [1.29, 1.82) is 0 Å². The lowest BCUT2D eigenvalue weighted by molar-refractivity contribution is -0.144. The first-order valence-corrected chi connectivity index (χ1v) is 11.0. The van der Waals surface area contributed by atoms with Crippen molar-refractivity contribution in [2.45, 2.75) is 24.1 Å². The first-order valence-electron chi connectivity index (χ1n) is 8.47. The summed E-state index contributed by atoms with van der Waals surface area (Å²) < 4.78 is 69.0. The third-order valence-corrected chi connectivity index (χ3v) is 7.44. The van der Waals surface area contributed by atoms with Crippen molar-refractivity contribution in [1.82, 2.24) is 13.5 Å². The van der Waals surface area contributed by atoms with Crippen molar-refractivity contribution in [3.05, 3.63) is 56.5 Å². The summed E-state index contributed by atoms with van der Waals surface area (Å²) in [6.07, 6.45) is -4.91. The molecule has 0 saturated carbocycles. The third-order valence-electron chi connectivity index (χ3n) is 4.62. The largest absolute Gasteiger partial charge is 0.480 e. The highest BCUT2D eigenvalue weighted by atomic mass is 32.2. The maximum absolute atomic E-state index is 13.0. The van der Waals surface area contributed by atoms with Crippen LogP contribution in [-0.4, -0.2) is 38.3 Å². The lowest BCUT2D eigenvalue weighted by Gasteiger charge is -2.14. The highest BCUT2D eigenvalue weighted by molar-refractivity contribution is 7.92. The summed E-state index contributed by atoms with van der Waals surface area (Å²) in [6.45, 7) is 1.02. The number of benzene rings is 1. The van der Waals surface area contributed by atoms with Crippen LogP contribution in [0.4, 0.5) is 13.2 Å². The Morgan fingerprint density at radius 3 is 2.48 bits per heavy atom. The Balaban J connectivity index is 2.16. The third kappa shape index (κ3) is 4.12. The summed E-state index contributed by atoms with van der Waals surface area (Å²) in [7, 11) is -3.24. The Hall–Kier alpha value is -3.00. The molecule has 1 aromatic carbocycles. The second-order valence-corrected chi connectivity index (χ2v) is 9.77. The van der Waals surface area contributed by atoms with Crippen LogP contribution in [0.2, 0.25) is 0 Å². The number of carboxylic acid groups (broad SMARTS) is 1. The second kappa shape index (κ2) is 7.60. The molecule has 0 fully saturated rings. The Morgan fingerprint density at radius 1 is 1.26 bits per heavy atom. The molecule has 0 aliphatic heterocycles. The smallest absolute Gasteiger partial charge is 0.431 e. The van der Waals surface area contributed by atoms with Crippen molar-refractivity contribution < 1.29 is 31.5 Å². The molecule has 0 spiro atoms. The molecule has 2 heterocycles. The molecule has 0 amide bonds. The average Bonchev–Trinajstić information content (AvgIpc) is 3.04. The van der Waals surface area contributed by atoms with E-state index < -0.39 is 49.9 Å². The maximum Gasteiger partial charge on any atom is 0.431 e. The van der Waals surface area contributed by atoms with Gasteiger partial charge in [-0.3, -0.25) is 14.2 Å². The fraction of sp³-hybridized carbons (Fsp3) is 0.294. The van der Waals surface area contributed by atoms with Crippen LogP contribution in [0.5, 0.6) is 0 Å². The minimum absolute atomic E-state index is 0.00624. The number of sulfone groups is 1. The van der Waals surface area contributed by atoms with E-state index in [2.05, 4.69) is 4.37 Å². The number of rotatable bonds is 5. The van der Waals surface area contributed by atoms with E-state index in [4.69, 9.17) is 5.11 Å². The Bertz CT molecular complexity index is 1420. The van der Waals surface area contributed by atoms with Crippen molar-refractivity contribution >= 4 is 37.4 Å². The number of halogens is 3. The van der Waals surface area contributed by atoms with Gasteiger partial charge in [-0.05, 0) is 36.7 Å². The monoisotopic (exact) mass is 477 g/mol. The first-order chi connectivity index (χ1) is 14.2. The zero-order valence-corrected chi connectivity index (χ0v) is 17.5. The molecule has 0 aliphatic rings. The van der Waals surface area contributed by atoms with Crippen LogP contribution in [0.3, 0.4) is 0 Å². The molecular weight excluding hydrogens is 463 g/mol. The Morgan fingerprint density at radius 2 is 1.90 bits per heavy atom. The van der Waals surface area contributed by atoms with E-state index in [1.54, 1.807) is 0 Å². The molecular formula is C17H14F3N3O6S2. The standard InChI is InChI=1S/C17H14F3N3O6S2/c1-8(15(25)26)31(28,29)7-11-10-5-9(3-4-12(10)30-21-11)23-14(24)6-13(17(18,19)20)22(2)16(23)27/h3-6,8H,7H2,1-2H3,(H,25,26). The number of fused-ring (bicyclic) bond motifs is 1. The normalized spacial score (nSPS) is 13.5. The van der Waals surface area contributed by atoms with E-state index in [0.717, 1.165) is 25.5 Å². The van der Waals surface area contributed by atoms with E-state index in [1.807, 2.05) is 0 Å². The van der Waals surface area contributed by atoms with Gasteiger partial charge < -0.3 is 5.11 Å². The summed E-state index contributed by atoms with van der Waals surface area (Å²) in [5.74, 6) is -2.23. The van der Waals surface area contributed by atoms with Gasteiger partial charge in [0, 0.05) is 18.5 Å². The van der Waals surface area contributed by atoms with Crippen LogP contribution in [0, 0.1) is 0 Å². The van der Waals surface area contributed by atoms with Gasteiger partial charge in [0.05, 0.1) is 21.8 Å². The van der Waals surface area contributed by atoms with Gasteiger partial charge in [-0.15, -0.1) is 0 Å². The van der Waals surface area contributed by atoms with Crippen LogP contribution >= 0.6 is 11.5 Å². The molecule has 3 aromatic rings. The van der Waals surface area contributed by atoms with Gasteiger partial charge in [-0.1, -0.05) is 0 Å². The zero-order valence-electron chi connectivity index (χ0n) is 15.9. The van der Waals surface area contributed by atoms with Gasteiger partial charge >= 0.3 is 17.8 Å². The first kappa shape index (κ1) is 22.7. The molecule has 31 heavy (non-hydrogen) atoms. The van der Waals surface area contributed by atoms with E-state index in [1.165, 1.54) is 18.2 Å². The molecule has 1 N–H and O–H groups in total. The molecule has 0 aliphatic carbocycles. The topological polar surface area (TPSA) is 128 Å². The Kier molecular flexibility index (Phi) is 5.56. The van der Waals surface area contributed by atoms with Crippen molar-refractivity contribution in [2.75, 3.05) is 0 Å². The van der Waals surface area contributed by atoms with Crippen LogP contribution < -0.4 is 11.2 Å². The number of aromatic nitrogens is 3. The molecule has 0 radical (unpaired) electrons. The molecule has 166 valence electrons. The second-order valence-electron chi connectivity index (χ2n) is 6.64. The molecule has 1 unspecified atom stereocenters. The van der Waals surface area contributed by atoms with Crippen LogP contribution in [0.25, 0.3) is 15.8 Å². The number of carboxylic acids is 1. The molecule has 2 aromatic heterocycles. The molecule has 0 bridgehead atoms. The van der Waals surface area contributed by atoms with Crippen LogP contribution in [-0.2, 0) is 33.6 Å². The summed E-state index contributed by atoms with van der Waals surface area (Å²) >= 11 is 0.915. The summed E-state index contributed by atoms with van der Waals surface area (Å²) in [5, 5.41) is 7.52. The highest BCUT2D eigenvalue weighted by Crippen LogP contribution is 2.28. The van der Waals surface area contributed by atoms with Crippen molar-refractivity contribution in [3.63, 3.8) is 0 Å². The van der Waals surface area contributed by atoms with Gasteiger partial charge in [0.25, 0.3) is 5.56 Å². The predicted octanol–water partition coefficient (Wildman–Crippen LogP) is 1.55. The molecule has 0 saturated heterocycles. The van der Waals surface area contributed by atoms with Gasteiger partial charge in [-0.25, -0.2) is 17.8 Å². The van der Waals surface area contributed by atoms with Crippen molar-refractivity contribution in [3.8, 4) is 5.69 Å². The fourth-order valence-electron chi connectivity index (χ4n) is 2.82. The summed E-state index contributed by atoms with van der Waals surface area (Å²) in [4.78, 5) is 35.8. The van der Waals surface area contributed by atoms with Gasteiger partial charge in [-0.2, -0.15) is 17.5 Å². The number of carbonyl (C=O) groups is 1. The molecule has 3 rings (SSSR count). The van der Waals surface area contributed by atoms with E-state index in [-0.39, 0.29) is 27.4 Å². The number of aliphatic carboxylic acids is 1. The minimum atomic E-state index is -4.91. The number of alkyl halides is 3. The SMILES string of the molecule is CC(C(=O)O)S(=O)(=O)Cc1nsc2ccc(-n3c(=O)cc(C(F)(F)F)n(C)c3=O)cc12. The zero-order chi connectivity index (χ0) is 23.3. The van der Waals surface area contributed by atoms with E-state index >= 15 is 0 Å².